The van der Waals surface area contributed by atoms with Gasteiger partial charge in [0, 0.05) is 38.4 Å². The third-order valence-corrected chi connectivity index (χ3v) is 3.03. The quantitative estimate of drug-likeness (QED) is 0.752. The second kappa shape index (κ2) is 4.64. The lowest BCUT2D eigenvalue weighted by Gasteiger charge is -2.30. The lowest BCUT2D eigenvalue weighted by atomic mass is 10.1. The minimum absolute atomic E-state index is 0.633. The molecule has 1 aliphatic heterocycles. The van der Waals surface area contributed by atoms with Crippen LogP contribution in [0.25, 0.3) is 0 Å². The highest BCUT2D eigenvalue weighted by Crippen LogP contribution is 2.19. The van der Waals surface area contributed by atoms with Gasteiger partial charge in [-0.2, -0.15) is 0 Å². The highest BCUT2D eigenvalue weighted by molar-refractivity contribution is 5.51. The van der Waals surface area contributed by atoms with E-state index in [1.165, 1.54) is 16.8 Å². The second-order valence-corrected chi connectivity index (χ2v) is 4.05. The van der Waals surface area contributed by atoms with Crippen molar-refractivity contribution in [2.75, 3.05) is 31.1 Å². The predicted molar refractivity (Wildman–Crippen MR) is 64.2 cm³/mol. The monoisotopic (exact) mass is 205 g/mol. The van der Waals surface area contributed by atoms with E-state index in [1.54, 1.807) is 0 Å². The Kier molecular flexibility index (Phi) is 3.23. The van der Waals surface area contributed by atoms with Gasteiger partial charge in [-0.15, -0.1) is 0 Å². The first kappa shape index (κ1) is 10.5. The van der Waals surface area contributed by atoms with Crippen LogP contribution in [0.4, 0.5) is 5.69 Å². The van der Waals surface area contributed by atoms with Crippen LogP contribution in [0.1, 0.15) is 11.1 Å². The molecule has 0 spiro atoms. The zero-order valence-electron chi connectivity index (χ0n) is 9.29. The van der Waals surface area contributed by atoms with Gasteiger partial charge in [0.2, 0.25) is 0 Å². The number of hydrogen-bond acceptors (Lipinski definition) is 3. The fourth-order valence-electron chi connectivity index (χ4n) is 2.03. The molecule has 0 radical (unpaired) electrons. The minimum atomic E-state index is 0.633. The van der Waals surface area contributed by atoms with Crippen LogP contribution in [-0.2, 0) is 6.54 Å². The normalized spacial score (nSPS) is 16.8. The molecule has 0 amide bonds. The molecule has 1 heterocycles. The van der Waals surface area contributed by atoms with Crippen LogP contribution in [0.5, 0.6) is 0 Å². The van der Waals surface area contributed by atoms with Crippen LogP contribution in [0.2, 0.25) is 0 Å². The van der Waals surface area contributed by atoms with Crippen molar-refractivity contribution in [1.82, 2.24) is 5.32 Å². The SMILES string of the molecule is Cc1cc(N2CCNCC2)ccc1CN. The van der Waals surface area contributed by atoms with Crippen LogP contribution in [0, 0.1) is 6.92 Å². The Morgan fingerprint density at radius 2 is 2.07 bits per heavy atom. The average Bonchev–Trinajstić information content (AvgIpc) is 2.30. The van der Waals surface area contributed by atoms with E-state index in [0.29, 0.717) is 6.54 Å². The maximum absolute atomic E-state index is 5.66. The van der Waals surface area contributed by atoms with E-state index in [0.717, 1.165) is 26.2 Å². The molecule has 0 aromatic heterocycles. The Balaban J connectivity index is 2.17. The number of nitrogens with one attached hydrogen (secondary N) is 1. The molecule has 0 bridgehead atoms. The van der Waals surface area contributed by atoms with Gasteiger partial charge in [0.25, 0.3) is 0 Å². The molecule has 0 saturated carbocycles. The van der Waals surface area contributed by atoms with Gasteiger partial charge in [-0.25, -0.2) is 0 Å². The fourth-order valence-corrected chi connectivity index (χ4v) is 2.03. The molecule has 15 heavy (non-hydrogen) atoms. The number of hydrogen-bond donors (Lipinski definition) is 2. The Bertz CT molecular complexity index is 330. The summed E-state index contributed by atoms with van der Waals surface area (Å²) in [5.41, 5.74) is 9.52. The van der Waals surface area contributed by atoms with Crippen LogP contribution in [0.3, 0.4) is 0 Å². The third-order valence-electron chi connectivity index (χ3n) is 3.03. The molecule has 1 fully saturated rings. The van der Waals surface area contributed by atoms with E-state index in [4.69, 9.17) is 5.73 Å². The molecule has 0 unspecified atom stereocenters. The van der Waals surface area contributed by atoms with Crippen molar-refractivity contribution in [3.05, 3.63) is 29.3 Å². The Labute approximate surface area is 91.3 Å². The van der Waals surface area contributed by atoms with Gasteiger partial charge < -0.3 is 16.0 Å². The average molecular weight is 205 g/mol. The van der Waals surface area contributed by atoms with E-state index in [9.17, 15) is 0 Å². The van der Waals surface area contributed by atoms with Crippen molar-refractivity contribution in [3.8, 4) is 0 Å². The van der Waals surface area contributed by atoms with Crippen molar-refractivity contribution in [2.24, 2.45) is 5.73 Å². The van der Waals surface area contributed by atoms with Crippen molar-refractivity contribution >= 4 is 5.69 Å². The van der Waals surface area contributed by atoms with E-state index in [2.05, 4.69) is 35.3 Å². The van der Waals surface area contributed by atoms with Gasteiger partial charge in [0.05, 0.1) is 0 Å². The van der Waals surface area contributed by atoms with Crippen molar-refractivity contribution in [1.29, 1.82) is 0 Å². The maximum atomic E-state index is 5.66. The number of nitrogens with zero attached hydrogens (tertiary/aromatic N) is 1. The summed E-state index contributed by atoms with van der Waals surface area (Å²) in [5.74, 6) is 0. The smallest absolute Gasteiger partial charge is 0.0369 e. The van der Waals surface area contributed by atoms with Crippen molar-refractivity contribution < 1.29 is 0 Å². The molecule has 1 aromatic carbocycles. The van der Waals surface area contributed by atoms with Crippen molar-refractivity contribution in [2.45, 2.75) is 13.5 Å². The Morgan fingerprint density at radius 1 is 1.33 bits per heavy atom. The molecular formula is C12H19N3. The number of rotatable bonds is 2. The molecular weight excluding hydrogens is 186 g/mol. The predicted octanol–water partition coefficient (Wildman–Crippen LogP) is 0.863. The highest BCUT2D eigenvalue weighted by Gasteiger charge is 2.10. The van der Waals surface area contributed by atoms with Gasteiger partial charge >= 0.3 is 0 Å². The zero-order valence-corrected chi connectivity index (χ0v) is 9.29. The van der Waals surface area contributed by atoms with Crippen LogP contribution >= 0.6 is 0 Å². The maximum Gasteiger partial charge on any atom is 0.0369 e. The molecule has 3 nitrogen and oxygen atoms in total. The van der Waals surface area contributed by atoms with E-state index >= 15 is 0 Å². The van der Waals surface area contributed by atoms with Gasteiger partial charge in [-0.3, -0.25) is 0 Å². The summed E-state index contributed by atoms with van der Waals surface area (Å²) in [4.78, 5) is 2.42. The number of benzene rings is 1. The number of nitrogens with two attached hydrogens (primary N) is 1. The second-order valence-electron chi connectivity index (χ2n) is 4.05. The lowest BCUT2D eigenvalue weighted by molar-refractivity contribution is 0.589. The molecule has 0 atom stereocenters. The number of anilines is 1. The fraction of sp³-hybridized carbons (Fsp3) is 0.500. The molecule has 0 aliphatic carbocycles. The molecule has 3 N–H and O–H groups in total. The van der Waals surface area contributed by atoms with Crippen LogP contribution in [-0.4, -0.2) is 26.2 Å². The first-order valence-corrected chi connectivity index (χ1v) is 5.56. The summed E-state index contributed by atoms with van der Waals surface area (Å²) < 4.78 is 0. The molecule has 1 aliphatic rings. The van der Waals surface area contributed by atoms with Gasteiger partial charge in [0.15, 0.2) is 0 Å². The lowest BCUT2D eigenvalue weighted by Crippen LogP contribution is -2.43. The van der Waals surface area contributed by atoms with Crippen LogP contribution in [0.15, 0.2) is 18.2 Å². The first-order valence-electron chi connectivity index (χ1n) is 5.56. The Hall–Kier alpha value is -1.06. The summed E-state index contributed by atoms with van der Waals surface area (Å²) in [7, 11) is 0. The molecule has 1 saturated heterocycles. The molecule has 82 valence electrons. The van der Waals surface area contributed by atoms with E-state index in [1.807, 2.05) is 0 Å². The number of aryl methyl sites for hydroxylation is 1. The number of piperazine rings is 1. The van der Waals surface area contributed by atoms with Crippen molar-refractivity contribution in [3.63, 3.8) is 0 Å². The summed E-state index contributed by atoms with van der Waals surface area (Å²) in [6, 6.07) is 6.57. The zero-order chi connectivity index (χ0) is 10.7. The molecule has 3 heteroatoms. The first-order chi connectivity index (χ1) is 7.31. The minimum Gasteiger partial charge on any atom is -0.369 e. The standard InChI is InChI=1S/C12H19N3/c1-10-8-12(3-2-11(10)9-13)15-6-4-14-5-7-15/h2-3,8,14H,4-7,9,13H2,1H3. The Morgan fingerprint density at radius 3 is 2.67 bits per heavy atom. The summed E-state index contributed by atoms with van der Waals surface area (Å²) >= 11 is 0. The summed E-state index contributed by atoms with van der Waals surface area (Å²) in [6.07, 6.45) is 0. The topological polar surface area (TPSA) is 41.3 Å². The summed E-state index contributed by atoms with van der Waals surface area (Å²) in [6.45, 7) is 7.12. The third kappa shape index (κ3) is 2.30. The van der Waals surface area contributed by atoms with Crippen LogP contribution < -0.4 is 16.0 Å². The highest BCUT2D eigenvalue weighted by atomic mass is 15.2. The van der Waals surface area contributed by atoms with Gasteiger partial charge in [-0.1, -0.05) is 6.07 Å². The summed E-state index contributed by atoms with van der Waals surface area (Å²) in [5, 5.41) is 3.36. The molecule has 2 rings (SSSR count). The van der Waals surface area contributed by atoms with E-state index < -0.39 is 0 Å². The van der Waals surface area contributed by atoms with Gasteiger partial charge in [0.1, 0.15) is 0 Å². The van der Waals surface area contributed by atoms with E-state index in [-0.39, 0.29) is 0 Å². The largest absolute Gasteiger partial charge is 0.369 e. The molecule has 1 aromatic rings. The van der Waals surface area contributed by atoms with Gasteiger partial charge in [-0.05, 0) is 30.2 Å².